The second-order valence-corrected chi connectivity index (χ2v) is 3.98. The maximum atomic E-state index is 13.0. The second kappa shape index (κ2) is 5.22. The molecule has 0 amide bonds. The van der Waals surface area contributed by atoms with E-state index in [1.165, 1.54) is 24.3 Å². The van der Waals surface area contributed by atoms with Crippen LogP contribution in [0.4, 0.5) is 17.6 Å². The van der Waals surface area contributed by atoms with Gasteiger partial charge in [-0.05, 0) is 29.8 Å². The van der Waals surface area contributed by atoms with Crippen LogP contribution in [0, 0.1) is 23.3 Å². The molecule has 0 radical (unpaired) electrons. The molecule has 0 N–H and O–H groups in total. The van der Waals surface area contributed by atoms with Crippen LogP contribution in [-0.4, -0.2) is 5.78 Å². The first-order valence-corrected chi connectivity index (χ1v) is 5.39. The molecule has 0 saturated heterocycles. The highest BCUT2D eigenvalue weighted by atomic mass is 19.2. The van der Waals surface area contributed by atoms with E-state index in [1.807, 2.05) is 0 Å². The lowest BCUT2D eigenvalue weighted by molar-refractivity contribution is 0.0992. The number of benzene rings is 2. The number of rotatable bonds is 3. The molecule has 0 atom stereocenters. The van der Waals surface area contributed by atoms with Gasteiger partial charge in [0.05, 0.1) is 0 Å². The van der Waals surface area contributed by atoms with Crippen LogP contribution in [-0.2, 0) is 6.42 Å². The van der Waals surface area contributed by atoms with Crippen molar-refractivity contribution in [1.82, 2.24) is 0 Å². The Morgan fingerprint density at radius 3 is 1.95 bits per heavy atom. The van der Waals surface area contributed by atoms with Gasteiger partial charge in [-0.2, -0.15) is 0 Å². The quantitative estimate of drug-likeness (QED) is 0.471. The smallest absolute Gasteiger partial charge is 0.194 e. The minimum atomic E-state index is -1.61. The van der Waals surface area contributed by atoms with Crippen molar-refractivity contribution < 1.29 is 22.4 Å². The van der Waals surface area contributed by atoms with Crippen LogP contribution in [0.25, 0.3) is 0 Å². The summed E-state index contributed by atoms with van der Waals surface area (Å²) in [6.45, 7) is 0. The number of ketones is 1. The maximum absolute atomic E-state index is 13.0. The molecule has 0 spiro atoms. The van der Waals surface area contributed by atoms with E-state index in [9.17, 15) is 22.4 Å². The Labute approximate surface area is 106 Å². The zero-order chi connectivity index (χ0) is 14.0. The van der Waals surface area contributed by atoms with Gasteiger partial charge in [0, 0.05) is 12.0 Å². The zero-order valence-corrected chi connectivity index (χ0v) is 9.59. The molecule has 0 unspecified atom stereocenters. The number of carbonyl (C=O) groups excluding carboxylic acids is 1. The van der Waals surface area contributed by atoms with Crippen molar-refractivity contribution in [3.8, 4) is 0 Å². The molecule has 0 aliphatic rings. The summed E-state index contributed by atoms with van der Waals surface area (Å²) in [7, 11) is 0. The molecular formula is C14H8F4O. The molecule has 1 nitrogen and oxygen atoms in total. The lowest BCUT2D eigenvalue weighted by atomic mass is 10.0. The predicted octanol–water partition coefficient (Wildman–Crippen LogP) is 3.67. The lowest BCUT2D eigenvalue weighted by Crippen LogP contribution is -2.06. The van der Waals surface area contributed by atoms with Crippen molar-refractivity contribution in [2.45, 2.75) is 6.42 Å². The summed E-state index contributed by atoms with van der Waals surface area (Å²) in [4.78, 5) is 11.8. The van der Waals surface area contributed by atoms with Crippen molar-refractivity contribution in [2.75, 3.05) is 0 Å². The number of Topliss-reactive ketones (excluding diaryl/α,β-unsaturated/α-hetero) is 1. The Morgan fingerprint density at radius 1 is 0.895 bits per heavy atom. The average Bonchev–Trinajstić information content (AvgIpc) is 2.38. The zero-order valence-electron chi connectivity index (χ0n) is 9.59. The SMILES string of the molecule is O=C(Cc1ccc(F)cc1)c1cc(F)c(F)c(F)c1. The fraction of sp³-hybridized carbons (Fsp3) is 0.0714. The van der Waals surface area contributed by atoms with Crippen LogP contribution in [0.3, 0.4) is 0 Å². The number of hydrogen-bond acceptors (Lipinski definition) is 1. The highest BCUT2D eigenvalue weighted by Crippen LogP contribution is 2.16. The van der Waals surface area contributed by atoms with E-state index < -0.39 is 29.1 Å². The fourth-order valence-electron chi connectivity index (χ4n) is 1.61. The summed E-state index contributed by atoms with van der Waals surface area (Å²) in [5, 5.41) is 0. The standard InChI is InChI=1S/C14H8F4O/c15-10-3-1-8(2-4-10)5-13(19)9-6-11(16)14(18)12(17)7-9/h1-4,6-7H,5H2. The molecule has 19 heavy (non-hydrogen) atoms. The monoisotopic (exact) mass is 268 g/mol. The van der Waals surface area contributed by atoms with Gasteiger partial charge in [-0.3, -0.25) is 4.79 Å². The van der Waals surface area contributed by atoms with Gasteiger partial charge in [-0.25, -0.2) is 17.6 Å². The highest BCUT2D eigenvalue weighted by molar-refractivity contribution is 5.97. The van der Waals surface area contributed by atoms with Crippen LogP contribution in [0.1, 0.15) is 15.9 Å². The Kier molecular flexibility index (Phi) is 3.64. The van der Waals surface area contributed by atoms with Crippen LogP contribution in [0.2, 0.25) is 0 Å². The Morgan fingerprint density at radius 2 is 1.42 bits per heavy atom. The normalized spacial score (nSPS) is 10.5. The Balaban J connectivity index is 2.23. The first-order chi connectivity index (χ1) is 8.97. The second-order valence-electron chi connectivity index (χ2n) is 3.98. The maximum Gasteiger partial charge on any atom is 0.194 e. The summed E-state index contributed by atoms with van der Waals surface area (Å²) in [6.07, 6.45) is -0.148. The van der Waals surface area contributed by atoms with Gasteiger partial charge in [-0.15, -0.1) is 0 Å². The van der Waals surface area contributed by atoms with Gasteiger partial charge >= 0.3 is 0 Å². The molecule has 98 valence electrons. The van der Waals surface area contributed by atoms with Crippen LogP contribution in [0.15, 0.2) is 36.4 Å². The van der Waals surface area contributed by atoms with Crippen LogP contribution < -0.4 is 0 Å². The fourth-order valence-corrected chi connectivity index (χ4v) is 1.61. The number of halogens is 4. The van der Waals surface area contributed by atoms with Gasteiger partial charge in [0.25, 0.3) is 0 Å². The summed E-state index contributed by atoms with van der Waals surface area (Å²) in [5.74, 6) is -5.47. The summed E-state index contributed by atoms with van der Waals surface area (Å²) in [6, 6.07) is 6.42. The van der Waals surface area contributed by atoms with Crippen molar-refractivity contribution in [1.29, 1.82) is 0 Å². The molecule has 0 heterocycles. The molecule has 5 heteroatoms. The molecule has 2 aromatic rings. The van der Waals surface area contributed by atoms with Crippen molar-refractivity contribution in [2.24, 2.45) is 0 Å². The Hall–Kier alpha value is -2.17. The third-order valence-corrected chi connectivity index (χ3v) is 2.58. The van der Waals surface area contributed by atoms with Crippen LogP contribution in [0.5, 0.6) is 0 Å². The van der Waals surface area contributed by atoms with Gasteiger partial charge in [0.1, 0.15) is 5.82 Å². The van der Waals surface area contributed by atoms with Crippen molar-refractivity contribution in [3.05, 3.63) is 70.8 Å². The van der Waals surface area contributed by atoms with Gasteiger partial charge in [0.15, 0.2) is 23.2 Å². The largest absolute Gasteiger partial charge is 0.294 e. The molecule has 0 bridgehead atoms. The molecule has 0 saturated carbocycles. The summed E-state index contributed by atoms with van der Waals surface area (Å²) >= 11 is 0. The Bertz CT molecular complexity index is 597. The summed E-state index contributed by atoms with van der Waals surface area (Å²) < 4.78 is 51.4. The minimum absolute atomic E-state index is 0.148. The van der Waals surface area contributed by atoms with E-state index in [4.69, 9.17) is 0 Å². The molecule has 0 aliphatic heterocycles. The first-order valence-electron chi connectivity index (χ1n) is 5.39. The topological polar surface area (TPSA) is 17.1 Å². The molecule has 2 rings (SSSR count). The van der Waals surface area contributed by atoms with Crippen molar-refractivity contribution >= 4 is 5.78 Å². The molecule has 2 aromatic carbocycles. The van der Waals surface area contributed by atoms with Gasteiger partial charge < -0.3 is 0 Å². The van der Waals surface area contributed by atoms with E-state index in [-0.39, 0.29) is 12.0 Å². The van der Waals surface area contributed by atoms with E-state index in [0.29, 0.717) is 17.7 Å². The van der Waals surface area contributed by atoms with E-state index in [1.54, 1.807) is 0 Å². The third kappa shape index (κ3) is 2.99. The number of hydrogen-bond donors (Lipinski definition) is 0. The van der Waals surface area contributed by atoms with E-state index >= 15 is 0 Å². The van der Waals surface area contributed by atoms with Crippen LogP contribution >= 0.6 is 0 Å². The molecule has 0 fully saturated rings. The molecule has 0 aliphatic carbocycles. The molecular weight excluding hydrogens is 260 g/mol. The number of carbonyl (C=O) groups is 1. The van der Waals surface area contributed by atoms with Gasteiger partial charge in [0.2, 0.25) is 0 Å². The van der Waals surface area contributed by atoms with E-state index in [0.717, 1.165) is 0 Å². The summed E-state index contributed by atoms with van der Waals surface area (Å²) in [5.41, 5.74) is 0.234. The highest BCUT2D eigenvalue weighted by Gasteiger charge is 2.15. The average molecular weight is 268 g/mol. The lowest BCUT2D eigenvalue weighted by Gasteiger charge is -2.03. The van der Waals surface area contributed by atoms with Crippen molar-refractivity contribution in [3.63, 3.8) is 0 Å². The van der Waals surface area contributed by atoms with E-state index in [2.05, 4.69) is 0 Å². The third-order valence-electron chi connectivity index (χ3n) is 2.58. The predicted molar refractivity (Wildman–Crippen MR) is 60.8 cm³/mol. The minimum Gasteiger partial charge on any atom is -0.294 e. The first kappa shape index (κ1) is 13.3. The van der Waals surface area contributed by atoms with Gasteiger partial charge in [-0.1, -0.05) is 12.1 Å². The molecule has 0 aromatic heterocycles.